The van der Waals surface area contributed by atoms with E-state index in [0.29, 0.717) is 13.1 Å². The highest BCUT2D eigenvalue weighted by Gasteiger charge is 2.14. The second-order valence-electron chi connectivity index (χ2n) is 4.92. The maximum absolute atomic E-state index is 13.0. The summed E-state index contributed by atoms with van der Waals surface area (Å²) in [4.78, 5) is 26.6. The summed E-state index contributed by atoms with van der Waals surface area (Å²) in [5.74, 6) is -2.71. The normalized spacial score (nSPS) is 10.6. The van der Waals surface area contributed by atoms with Gasteiger partial charge >= 0.3 is 0 Å². The summed E-state index contributed by atoms with van der Waals surface area (Å²) in [7, 11) is 3.72. The molecule has 1 rings (SSSR count). The lowest BCUT2D eigenvalue weighted by molar-refractivity contribution is -0.132. The fourth-order valence-corrected chi connectivity index (χ4v) is 1.62. The Bertz CT molecular complexity index is 521. The minimum Gasteiger partial charge on any atom is -0.332 e. The van der Waals surface area contributed by atoms with E-state index in [1.165, 1.54) is 17.9 Å². The number of hydrogen-bond donors (Lipinski definition) is 1. The molecule has 0 radical (unpaired) electrons. The monoisotopic (exact) mass is 299 g/mol. The molecule has 7 heteroatoms. The molecule has 1 aromatic rings. The quantitative estimate of drug-likeness (QED) is 0.862. The van der Waals surface area contributed by atoms with Gasteiger partial charge in [-0.1, -0.05) is 0 Å². The average molecular weight is 299 g/mol. The Hall–Kier alpha value is -2.02. The molecule has 1 aromatic carbocycles. The molecule has 0 aromatic heterocycles. The van der Waals surface area contributed by atoms with Gasteiger partial charge < -0.3 is 15.1 Å². The predicted octanol–water partition coefficient (Wildman–Crippen LogP) is 1.31. The Labute approximate surface area is 122 Å². The Morgan fingerprint density at radius 1 is 1.14 bits per heavy atom. The van der Waals surface area contributed by atoms with Crippen LogP contribution in [0.5, 0.6) is 0 Å². The number of benzene rings is 1. The molecule has 116 valence electrons. The van der Waals surface area contributed by atoms with Gasteiger partial charge in [0.25, 0.3) is 0 Å². The van der Waals surface area contributed by atoms with E-state index in [4.69, 9.17) is 0 Å². The molecule has 1 N–H and O–H groups in total. The van der Waals surface area contributed by atoms with Crippen molar-refractivity contribution in [1.29, 1.82) is 0 Å². The lowest BCUT2D eigenvalue weighted by Crippen LogP contribution is -2.40. The van der Waals surface area contributed by atoms with Gasteiger partial charge in [0, 0.05) is 31.8 Å². The highest BCUT2D eigenvalue weighted by atomic mass is 19.2. The summed E-state index contributed by atoms with van der Waals surface area (Å²) in [6, 6.07) is 3.08. The summed E-state index contributed by atoms with van der Waals surface area (Å²) in [6.07, 6.45) is 0. The number of likely N-dealkylation sites (N-methyl/N-ethyl adjacent to an activating group) is 1. The molecule has 2 amide bonds. The fourth-order valence-electron chi connectivity index (χ4n) is 1.62. The second-order valence-corrected chi connectivity index (χ2v) is 4.92. The van der Waals surface area contributed by atoms with Gasteiger partial charge in [-0.25, -0.2) is 8.78 Å². The van der Waals surface area contributed by atoms with Crippen LogP contribution in [0.4, 0.5) is 14.5 Å². The summed E-state index contributed by atoms with van der Waals surface area (Å²) < 4.78 is 25.8. The highest BCUT2D eigenvalue weighted by molar-refractivity contribution is 5.94. The van der Waals surface area contributed by atoms with Crippen LogP contribution in [0.1, 0.15) is 6.92 Å². The number of amides is 2. The van der Waals surface area contributed by atoms with Crippen molar-refractivity contribution >= 4 is 17.5 Å². The van der Waals surface area contributed by atoms with E-state index >= 15 is 0 Å². The van der Waals surface area contributed by atoms with Gasteiger partial charge in [0.05, 0.1) is 6.54 Å². The Morgan fingerprint density at radius 3 is 2.33 bits per heavy atom. The first-order chi connectivity index (χ1) is 9.79. The topological polar surface area (TPSA) is 52.7 Å². The van der Waals surface area contributed by atoms with E-state index in [0.717, 1.165) is 12.1 Å². The van der Waals surface area contributed by atoms with Crippen molar-refractivity contribution in [1.82, 2.24) is 9.80 Å². The van der Waals surface area contributed by atoms with Crippen molar-refractivity contribution in [2.45, 2.75) is 6.92 Å². The van der Waals surface area contributed by atoms with Gasteiger partial charge in [-0.2, -0.15) is 0 Å². The number of carbonyl (C=O) groups excluding carboxylic acids is 2. The van der Waals surface area contributed by atoms with Gasteiger partial charge in [0.2, 0.25) is 11.8 Å². The van der Waals surface area contributed by atoms with E-state index < -0.39 is 17.5 Å². The summed E-state index contributed by atoms with van der Waals surface area (Å²) in [5, 5.41) is 2.43. The Kier molecular flexibility index (Phi) is 6.23. The third-order valence-corrected chi connectivity index (χ3v) is 2.80. The fraction of sp³-hybridized carbons (Fsp3) is 0.429. The average Bonchev–Trinajstić information content (AvgIpc) is 2.38. The number of hydrogen-bond acceptors (Lipinski definition) is 3. The predicted molar refractivity (Wildman–Crippen MR) is 75.8 cm³/mol. The van der Waals surface area contributed by atoms with E-state index in [1.807, 2.05) is 19.0 Å². The lowest BCUT2D eigenvalue weighted by Gasteiger charge is -2.22. The standard InChI is InChI=1S/C14H19F2N3O2/c1-10(20)19(7-6-18(2)3)9-14(21)17-11-4-5-12(15)13(16)8-11/h4-5,8H,6-7,9H2,1-3H3,(H,17,21). The van der Waals surface area contributed by atoms with Crippen molar-refractivity contribution in [3.8, 4) is 0 Å². The van der Waals surface area contributed by atoms with Crippen molar-refractivity contribution in [3.05, 3.63) is 29.8 Å². The van der Waals surface area contributed by atoms with Crippen LogP contribution >= 0.6 is 0 Å². The molecule has 5 nitrogen and oxygen atoms in total. The van der Waals surface area contributed by atoms with E-state index in [9.17, 15) is 18.4 Å². The Morgan fingerprint density at radius 2 is 1.81 bits per heavy atom. The van der Waals surface area contributed by atoms with Crippen molar-refractivity contribution in [2.75, 3.05) is 39.0 Å². The highest BCUT2D eigenvalue weighted by Crippen LogP contribution is 2.13. The zero-order valence-electron chi connectivity index (χ0n) is 12.3. The van der Waals surface area contributed by atoms with Crippen LogP contribution < -0.4 is 5.32 Å². The number of nitrogens with zero attached hydrogens (tertiary/aromatic N) is 2. The van der Waals surface area contributed by atoms with E-state index in [2.05, 4.69) is 5.32 Å². The number of anilines is 1. The van der Waals surface area contributed by atoms with Crippen LogP contribution in [0.25, 0.3) is 0 Å². The van der Waals surface area contributed by atoms with Crippen LogP contribution in [0, 0.1) is 11.6 Å². The van der Waals surface area contributed by atoms with Crippen LogP contribution in [0.15, 0.2) is 18.2 Å². The molecule has 0 spiro atoms. The molecule has 0 aliphatic rings. The molecule has 0 aliphatic heterocycles. The number of halogens is 2. The van der Waals surface area contributed by atoms with Crippen LogP contribution in [-0.2, 0) is 9.59 Å². The zero-order valence-corrected chi connectivity index (χ0v) is 12.3. The third kappa shape index (κ3) is 5.86. The lowest BCUT2D eigenvalue weighted by atomic mass is 10.3. The molecule has 0 atom stereocenters. The number of rotatable bonds is 6. The minimum atomic E-state index is -1.04. The summed E-state index contributed by atoms with van der Waals surface area (Å²) in [6.45, 7) is 2.27. The molecule has 0 saturated heterocycles. The van der Waals surface area contributed by atoms with Crippen LogP contribution in [0.2, 0.25) is 0 Å². The molecular formula is C14H19F2N3O2. The zero-order chi connectivity index (χ0) is 16.0. The van der Waals surface area contributed by atoms with E-state index in [-0.39, 0.29) is 18.1 Å². The van der Waals surface area contributed by atoms with E-state index in [1.54, 1.807) is 0 Å². The molecule has 21 heavy (non-hydrogen) atoms. The van der Waals surface area contributed by atoms with Gasteiger partial charge in [0.15, 0.2) is 11.6 Å². The summed E-state index contributed by atoms with van der Waals surface area (Å²) >= 11 is 0. The van der Waals surface area contributed by atoms with Crippen LogP contribution in [-0.4, -0.2) is 55.3 Å². The molecule has 0 saturated carbocycles. The minimum absolute atomic E-state index is 0.137. The SMILES string of the molecule is CC(=O)N(CCN(C)C)CC(=O)Nc1ccc(F)c(F)c1. The third-order valence-electron chi connectivity index (χ3n) is 2.80. The molecule has 0 fully saturated rings. The maximum atomic E-state index is 13.0. The molecule has 0 heterocycles. The molecule has 0 aliphatic carbocycles. The summed E-state index contributed by atoms with van der Waals surface area (Å²) in [5.41, 5.74) is 0.148. The number of carbonyl (C=O) groups is 2. The molecular weight excluding hydrogens is 280 g/mol. The first-order valence-corrected chi connectivity index (χ1v) is 6.44. The van der Waals surface area contributed by atoms with Gasteiger partial charge in [-0.15, -0.1) is 0 Å². The molecule has 0 bridgehead atoms. The van der Waals surface area contributed by atoms with Gasteiger partial charge in [-0.05, 0) is 26.2 Å². The molecule has 0 unspecified atom stereocenters. The smallest absolute Gasteiger partial charge is 0.243 e. The Balaban J connectivity index is 2.60. The van der Waals surface area contributed by atoms with Crippen molar-refractivity contribution in [3.63, 3.8) is 0 Å². The van der Waals surface area contributed by atoms with Crippen molar-refractivity contribution < 1.29 is 18.4 Å². The second kappa shape index (κ2) is 7.68. The number of nitrogens with one attached hydrogen (secondary N) is 1. The van der Waals surface area contributed by atoms with Gasteiger partial charge in [-0.3, -0.25) is 9.59 Å². The largest absolute Gasteiger partial charge is 0.332 e. The van der Waals surface area contributed by atoms with Crippen molar-refractivity contribution in [2.24, 2.45) is 0 Å². The maximum Gasteiger partial charge on any atom is 0.243 e. The van der Waals surface area contributed by atoms with Gasteiger partial charge in [0.1, 0.15) is 0 Å². The van der Waals surface area contributed by atoms with Crippen LogP contribution in [0.3, 0.4) is 0 Å². The first-order valence-electron chi connectivity index (χ1n) is 6.44. The first kappa shape index (κ1) is 17.0.